The average Bonchev–Trinajstić information content (AvgIpc) is 3.15. The van der Waals surface area contributed by atoms with Crippen molar-refractivity contribution in [3.05, 3.63) is 70.1 Å². The number of rotatable bonds is 3. The van der Waals surface area contributed by atoms with Crippen molar-refractivity contribution in [1.29, 1.82) is 0 Å². The van der Waals surface area contributed by atoms with Crippen LogP contribution < -0.4 is 5.32 Å². The number of fused-ring (bicyclic) bond motifs is 4. The zero-order valence-electron chi connectivity index (χ0n) is 19.7. The van der Waals surface area contributed by atoms with E-state index in [2.05, 4.69) is 10.3 Å². The SMILES string of the molecule is CC(C)(C)NC(=O)CN1CC(=O)N2C(Cc3c([nH]c4ccccc34)C2c2ccc(Cl)c(F)c2)C1=O. The summed E-state index contributed by atoms with van der Waals surface area (Å²) in [4.78, 5) is 45.9. The van der Waals surface area contributed by atoms with Crippen LogP contribution in [0, 0.1) is 5.82 Å². The molecular formula is C26H26ClFN4O3. The van der Waals surface area contributed by atoms with Crippen LogP contribution in [-0.4, -0.2) is 57.2 Å². The van der Waals surface area contributed by atoms with E-state index >= 15 is 0 Å². The lowest BCUT2D eigenvalue weighted by Crippen LogP contribution is -2.64. The number of aromatic nitrogens is 1. The number of para-hydroxylation sites is 1. The molecule has 2 unspecified atom stereocenters. The summed E-state index contributed by atoms with van der Waals surface area (Å²) >= 11 is 5.92. The van der Waals surface area contributed by atoms with Crippen LogP contribution in [0.5, 0.6) is 0 Å². The molecule has 7 nitrogen and oxygen atoms in total. The van der Waals surface area contributed by atoms with Crippen molar-refractivity contribution in [3.63, 3.8) is 0 Å². The topological polar surface area (TPSA) is 85.5 Å². The van der Waals surface area contributed by atoms with Crippen LogP contribution in [0.3, 0.4) is 0 Å². The molecule has 2 aromatic carbocycles. The van der Waals surface area contributed by atoms with Crippen molar-refractivity contribution < 1.29 is 18.8 Å². The van der Waals surface area contributed by atoms with Crippen LogP contribution in [0.25, 0.3) is 10.9 Å². The summed E-state index contributed by atoms with van der Waals surface area (Å²) in [5.74, 6) is -1.53. The maximum absolute atomic E-state index is 14.5. The van der Waals surface area contributed by atoms with Gasteiger partial charge in [-0.1, -0.05) is 35.9 Å². The quantitative estimate of drug-likeness (QED) is 0.581. The van der Waals surface area contributed by atoms with E-state index in [0.29, 0.717) is 12.0 Å². The van der Waals surface area contributed by atoms with Gasteiger partial charge >= 0.3 is 0 Å². The number of hydrogen-bond donors (Lipinski definition) is 2. The molecular weight excluding hydrogens is 471 g/mol. The highest BCUT2D eigenvalue weighted by atomic mass is 35.5. The molecule has 182 valence electrons. The Morgan fingerprint density at radius 3 is 2.66 bits per heavy atom. The van der Waals surface area contributed by atoms with E-state index in [9.17, 15) is 18.8 Å². The van der Waals surface area contributed by atoms with Crippen LogP contribution in [0.1, 0.15) is 43.6 Å². The fraction of sp³-hybridized carbons (Fsp3) is 0.346. The number of carbonyl (C=O) groups is 3. The number of carbonyl (C=O) groups excluding carboxylic acids is 3. The summed E-state index contributed by atoms with van der Waals surface area (Å²) in [7, 11) is 0. The number of aromatic amines is 1. The largest absolute Gasteiger partial charge is 0.356 e. The van der Waals surface area contributed by atoms with E-state index in [4.69, 9.17) is 11.6 Å². The van der Waals surface area contributed by atoms with Gasteiger partial charge in [-0.3, -0.25) is 14.4 Å². The van der Waals surface area contributed by atoms with Gasteiger partial charge in [0, 0.05) is 28.6 Å². The zero-order valence-corrected chi connectivity index (χ0v) is 20.4. The Morgan fingerprint density at radius 1 is 1.20 bits per heavy atom. The summed E-state index contributed by atoms with van der Waals surface area (Å²) in [5.41, 5.74) is 2.59. The molecule has 0 saturated carbocycles. The molecule has 2 atom stereocenters. The Hall–Kier alpha value is -3.39. The van der Waals surface area contributed by atoms with Crippen molar-refractivity contribution in [2.24, 2.45) is 0 Å². The third kappa shape index (κ3) is 4.16. The molecule has 3 aromatic rings. The van der Waals surface area contributed by atoms with Gasteiger partial charge < -0.3 is 20.1 Å². The Balaban J connectivity index is 1.58. The van der Waals surface area contributed by atoms with Gasteiger partial charge in [-0.05, 0) is 50.1 Å². The van der Waals surface area contributed by atoms with E-state index < -0.39 is 23.4 Å². The Morgan fingerprint density at radius 2 is 1.94 bits per heavy atom. The minimum Gasteiger partial charge on any atom is -0.356 e. The fourth-order valence-corrected chi connectivity index (χ4v) is 5.23. The number of benzene rings is 2. The molecule has 0 spiro atoms. The van der Waals surface area contributed by atoms with Crippen molar-refractivity contribution in [3.8, 4) is 0 Å². The number of amides is 3. The third-order valence-electron chi connectivity index (χ3n) is 6.45. The second kappa shape index (κ2) is 8.37. The van der Waals surface area contributed by atoms with Gasteiger partial charge in [0.1, 0.15) is 24.9 Å². The smallest absolute Gasteiger partial charge is 0.246 e. The summed E-state index contributed by atoms with van der Waals surface area (Å²) in [6.45, 7) is 5.13. The van der Waals surface area contributed by atoms with Gasteiger partial charge in [-0.2, -0.15) is 0 Å². The molecule has 2 N–H and O–H groups in total. The lowest BCUT2D eigenvalue weighted by atomic mass is 9.86. The first-order chi connectivity index (χ1) is 16.5. The predicted octanol–water partition coefficient (Wildman–Crippen LogP) is 3.56. The number of nitrogens with zero attached hydrogens (tertiary/aromatic N) is 2. The first-order valence-corrected chi connectivity index (χ1v) is 11.9. The standard InChI is InChI=1S/C26H26ClFN4O3/c1-26(2,3)30-21(33)12-31-13-22(34)32-20(25(31)35)11-16-15-6-4-5-7-19(15)29-23(16)24(32)14-8-9-17(27)18(28)10-14/h4-10,20,24,29H,11-13H2,1-3H3,(H,30,33). The molecule has 1 aromatic heterocycles. The molecule has 35 heavy (non-hydrogen) atoms. The van der Waals surface area contributed by atoms with E-state index in [0.717, 1.165) is 22.2 Å². The number of nitrogens with one attached hydrogen (secondary N) is 2. The van der Waals surface area contributed by atoms with Crippen LogP contribution in [0.4, 0.5) is 4.39 Å². The minimum absolute atomic E-state index is 0.0185. The van der Waals surface area contributed by atoms with E-state index in [1.54, 1.807) is 6.07 Å². The monoisotopic (exact) mass is 496 g/mol. The summed E-state index contributed by atoms with van der Waals surface area (Å²) in [6, 6.07) is 10.6. The highest BCUT2D eigenvalue weighted by Gasteiger charge is 2.48. The Bertz CT molecular complexity index is 1360. The molecule has 5 rings (SSSR count). The molecule has 9 heteroatoms. The first-order valence-electron chi connectivity index (χ1n) is 11.5. The second-order valence-electron chi connectivity index (χ2n) is 10.2. The van der Waals surface area contributed by atoms with E-state index in [-0.39, 0.29) is 35.8 Å². The Labute approximate surface area is 207 Å². The van der Waals surface area contributed by atoms with Gasteiger partial charge in [-0.25, -0.2) is 4.39 Å². The first kappa shape index (κ1) is 23.4. The van der Waals surface area contributed by atoms with Crippen molar-refractivity contribution >= 4 is 40.2 Å². The maximum Gasteiger partial charge on any atom is 0.246 e. The molecule has 0 aliphatic carbocycles. The molecule has 1 saturated heterocycles. The van der Waals surface area contributed by atoms with Crippen molar-refractivity contribution in [2.75, 3.05) is 13.1 Å². The molecule has 0 radical (unpaired) electrons. The van der Waals surface area contributed by atoms with Gasteiger partial charge in [0.05, 0.1) is 11.1 Å². The van der Waals surface area contributed by atoms with Gasteiger partial charge in [0.15, 0.2) is 0 Å². The fourth-order valence-electron chi connectivity index (χ4n) is 5.12. The number of H-pyrrole nitrogens is 1. The van der Waals surface area contributed by atoms with Crippen LogP contribution in [0.15, 0.2) is 42.5 Å². The van der Waals surface area contributed by atoms with Gasteiger partial charge in [0.2, 0.25) is 17.7 Å². The zero-order chi connectivity index (χ0) is 25.1. The number of hydrogen-bond acceptors (Lipinski definition) is 3. The lowest BCUT2D eigenvalue weighted by Gasteiger charge is -2.47. The minimum atomic E-state index is -0.811. The van der Waals surface area contributed by atoms with Gasteiger partial charge in [0.25, 0.3) is 0 Å². The molecule has 3 heterocycles. The molecule has 3 amide bonds. The van der Waals surface area contributed by atoms with Crippen LogP contribution >= 0.6 is 11.6 Å². The highest BCUT2D eigenvalue weighted by molar-refractivity contribution is 6.30. The predicted molar refractivity (Wildman–Crippen MR) is 130 cm³/mol. The normalized spacial score (nSPS) is 20.1. The average molecular weight is 497 g/mol. The van der Waals surface area contributed by atoms with Crippen molar-refractivity contribution in [1.82, 2.24) is 20.1 Å². The lowest BCUT2D eigenvalue weighted by molar-refractivity contribution is -0.159. The van der Waals surface area contributed by atoms with E-state index in [1.807, 2.05) is 45.0 Å². The molecule has 0 bridgehead atoms. The Kier molecular flexibility index (Phi) is 5.59. The van der Waals surface area contributed by atoms with Gasteiger partial charge in [-0.15, -0.1) is 0 Å². The molecule has 2 aliphatic heterocycles. The molecule has 2 aliphatic rings. The number of halogens is 2. The van der Waals surface area contributed by atoms with E-state index in [1.165, 1.54) is 21.9 Å². The summed E-state index contributed by atoms with van der Waals surface area (Å²) in [5, 5.41) is 3.77. The molecule has 1 fully saturated rings. The second-order valence-corrected chi connectivity index (χ2v) is 10.6. The maximum atomic E-state index is 14.5. The van der Waals surface area contributed by atoms with Crippen LogP contribution in [0.2, 0.25) is 5.02 Å². The summed E-state index contributed by atoms with van der Waals surface area (Å²) < 4.78 is 14.5. The van der Waals surface area contributed by atoms with Crippen molar-refractivity contribution in [2.45, 2.75) is 44.8 Å². The third-order valence-corrected chi connectivity index (χ3v) is 6.76. The summed E-state index contributed by atoms with van der Waals surface area (Å²) in [6.07, 6.45) is 0.299. The highest BCUT2D eigenvalue weighted by Crippen LogP contribution is 2.43. The number of piperazine rings is 1. The van der Waals surface area contributed by atoms with Crippen LogP contribution in [-0.2, 0) is 20.8 Å².